The lowest BCUT2D eigenvalue weighted by atomic mass is 10.1. The molecule has 0 aliphatic carbocycles. The van der Waals surface area contributed by atoms with Crippen LogP contribution in [0.2, 0.25) is 0 Å². The first-order valence-corrected chi connectivity index (χ1v) is 7.91. The predicted molar refractivity (Wildman–Crippen MR) is 80.2 cm³/mol. The van der Waals surface area contributed by atoms with Gasteiger partial charge in [0.15, 0.2) is 0 Å². The van der Waals surface area contributed by atoms with Gasteiger partial charge in [-0.25, -0.2) is 8.42 Å². The molecule has 0 unspecified atom stereocenters. The van der Waals surface area contributed by atoms with Crippen LogP contribution >= 0.6 is 0 Å². The molecule has 2 aromatic rings. The van der Waals surface area contributed by atoms with Gasteiger partial charge in [-0.05, 0) is 44.0 Å². The average Bonchev–Trinajstić information content (AvgIpc) is 2.79. The van der Waals surface area contributed by atoms with Crippen LogP contribution in [-0.4, -0.2) is 24.9 Å². The molecule has 21 heavy (non-hydrogen) atoms. The summed E-state index contributed by atoms with van der Waals surface area (Å²) in [4.78, 5) is 0.119. The fourth-order valence-electron chi connectivity index (χ4n) is 2.01. The van der Waals surface area contributed by atoms with Crippen LogP contribution in [-0.2, 0) is 16.6 Å². The van der Waals surface area contributed by atoms with Crippen molar-refractivity contribution in [2.24, 2.45) is 0 Å². The number of nitrogen functional groups attached to an aromatic ring is 1. The average molecular weight is 309 g/mol. The van der Waals surface area contributed by atoms with Gasteiger partial charge in [0, 0.05) is 13.1 Å². The third-order valence-corrected chi connectivity index (χ3v) is 5.23. The van der Waals surface area contributed by atoms with E-state index in [1.807, 2.05) is 13.8 Å². The van der Waals surface area contributed by atoms with Crippen molar-refractivity contribution in [1.82, 2.24) is 9.46 Å². The van der Waals surface area contributed by atoms with Crippen molar-refractivity contribution in [3.8, 4) is 0 Å². The number of aryl methyl sites for hydroxylation is 3. The van der Waals surface area contributed by atoms with Crippen LogP contribution < -0.4 is 5.73 Å². The number of aromatic nitrogens is 1. The van der Waals surface area contributed by atoms with E-state index in [0.29, 0.717) is 11.5 Å². The first-order chi connectivity index (χ1) is 9.71. The highest BCUT2D eigenvalue weighted by atomic mass is 32.2. The van der Waals surface area contributed by atoms with Gasteiger partial charge in [0.1, 0.15) is 10.7 Å². The minimum absolute atomic E-state index is 0.119. The number of hydrogen-bond donors (Lipinski definition) is 1. The van der Waals surface area contributed by atoms with E-state index in [4.69, 9.17) is 10.3 Å². The molecule has 0 amide bonds. The molecule has 0 bridgehead atoms. The minimum Gasteiger partial charge on any atom is -0.398 e. The Morgan fingerprint density at radius 3 is 2.38 bits per heavy atom. The molecule has 1 aromatic carbocycles. The van der Waals surface area contributed by atoms with Gasteiger partial charge in [0.2, 0.25) is 10.0 Å². The van der Waals surface area contributed by atoms with Gasteiger partial charge in [0.25, 0.3) is 0 Å². The maximum absolute atomic E-state index is 12.6. The summed E-state index contributed by atoms with van der Waals surface area (Å²) >= 11 is 0. The van der Waals surface area contributed by atoms with Crippen LogP contribution in [0.25, 0.3) is 0 Å². The highest BCUT2D eigenvalue weighted by molar-refractivity contribution is 7.89. The monoisotopic (exact) mass is 309 g/mol. The molecule has 0 fully saturated rings. The Kier molecular flexibility index (Phi) is 4.06. The molecular formula is C14H19N3O3S. The Hall–Kier alpha value is -1.86. The van der Waals surface area contributed by atoms with E-state index in [9.17, 15) is 8.42 Å². The summed E-state index contributed by atoms with van der Waals surface area (Å²) in [6, 6.07) is 4.98. The summed E-state index contributed by atoms with van der Waals surface area (Å²) in [5.41, 5.74) is 8.52. The van der Waals surface area contributed by atoms with Crippen LogP contribution in [0, 0.1) is 20.8 Å². The quantitative estimate of drug-likeness (QED) is 0.873. The van der Waals surface area contributed by atoms with Gasteiger partial charge in [-0.3, -0.25) is 0 Å². The zero-order valence-electron chi connectivity index (χ0n) is 12.5. The van der Waals surface area contributed by atoms with E-state index in [2.05, 4.69) is 5.16 Å². The number of nitrogens with two attached hydrogens (primary N) is 1. The van der Waals surface area contributed by atoms with E-state index in [1.165, 1.54) is 11.4 Å². The summed E-state index contributed by atoms with van der Waals surface area (Å²) in [7, 11) is -2.18. The Morgan fingerprint density at radius 2 is 1.81 bits per heavy atom. The van der Waals surface area contributed by atoms with Gasteiger partial charge < -0.3 is 10.3 Å². The van der Waals surface area contributed by atoms with E-state index in [1.54, 1.807) is 25.1 Å². The van der Waals surface area contributed by atoms with Crippen molar-refractivity contribution in [3.05, 3.63) is 40.8 Å². The number of sulfonamides is 1. The van der Waals surface area contributed by atoms with Gasteiger partial charge in [-0.1, -0.05) is 5.16 Å². The summed E-state index contributed by atoms with van der Waals surface area (Å²) in [6.45, 7) is 5.64. The second kappa shape index (κ2) is 5.50. The lowest BCUT2D eigenvalue weighted by molar-refractivity contribution is 0.378. The van der Waals surface area contributed by atoms with Crippen LogP contribution in [0.5, 0.6) is 0 Å². The zero-order valence-corrected chi connectivity index (χ0v) is 13.4. The van der Waals surface area contributed by atoms with E-state index in [0.717, 1.165) is 11.1 Å². The van der Waals surface area contributed by atoms with Gasteiger partial charge >= 0.3 is 0 Å². The number of anilines is 1. The molecule has 2 rings (SSSR count). The van der Waals surface area contributed by atoms with Crippen molar-refractivity contribution in [1.29, 1.82) is 0 Å². The van der Waals surface area contributed by atoms with Crippen LogP contribution in [0.4, 0.5) is 5.69 Å². The highest BCUT2D eigenvalue weighted by Crippen LogP contribution is 2.26. The fourth-order valence-corrected chi connectivity index (χ4v) is 3.33. The third-order valence-electron chi connectivity index (χ3n) is 3.38. The molecule has 0 saturated carbocycles. The topological polar surface area (TPSA) is 89.4 Å². The second-order valence-corrected chi connectivity index (χ2v) is 7.18. The normalized spacial score (nSPS) is 12.0. The molecule has 0 radical (unpaired) electrons. The smallest absolute Gasteiger partial charge is 0.245 e. The van der Waals surface area contributed by atoms with Crippen LogP contribution in [0.1, 0.15) is 22.6 Å². The Balaban J connectivity index is 2.35. The molecule has 0 aliphatic rings. The summed E-state index contributed by atoms with van der Waals surface area (Å²) < 4.78 is 31.4. The molecule has 2 N–H and O–H groups in total. The molecule has 1 heterocycles. The van der Waals surface area contributed by atoms with Crippen molar-refractivity contribution in [2.75, 3.05) is 12.8 Å². The van der Waals surface area contributed by atoms with Crippen molar-refractivity contribution in [3.63, 3.8) is 0 Å². The summed E-state index contributed by atoms with van der Waals surface area (Å²) in [5.74, 6) is 0.640. The molecule has 0 spiro atoms. The highest BCUT2D eigenvalue weighted by Gasteiger charge is 2.25. The van der Waals surface area contributed by atoms with E-state index in [-0.39, 0.29) is 17.1 Å². The standard InChI is InChI=1S/C14H19N3O3S/c1-9-5-13(15)14(6-10(9)2)21(18,19)17(4)8-12-7-11(3)20-16-12/h5-7H,8,15H2,1-4H3. The number of benzene rings is 1. The Labute approximate surface area is 124 Å². The maximum atomic E-state index is 12.6. The lowest BCUT2D eigenvalue weighted by Gasteiger charge is -2.18. The first-order valence-electron chi connectivity index (χ1n) is 6.47. The molecule has 7 heteroatoms. The van der Waals surface area contributed by atoms with Gasteiger partial charge in [-0.2, -0.15) is 4.31 Å². The predicted octanol–water partition coefficient (Wildman–Crippen LogP) is 2.00. The van der Waals surface area contributed by atoms with Crippen molar-refractivity contribution < 1.29 is 12.9 Å². The van der Waals surface area contributed by atoms with E-state index < -0.39 is 10.0 Å². The molecule has 0 atom stereocenters. The molecule has 6 nitrogen and oxygen atoms in total. The summed E-state index contributed by atoms with van der Waals surface area (Å²) in [6.07, 6.45) is 0. The van der Waals surface area contributed by atoms with E-state index >= 15 is 0 Å². The second-order valence-electron chi connectivity index (χ2n) is 5.16. The molecule has 0 saturated heterocycles. The van der Waals surface area contributed by atoms with Gasteiger partial charge in [0.05, 0.1) is 17.9 Å². The van der Waals surface area contributed by atoms with Crippen LogP contribution in [0.15, 0.2) is 27.6 Å². The number of nitrogens with zero attached hydrogens (tertiary/aromatic N) is 2. The first kappa shape index (κ1) is 15.5. The SMILES string of the molecule is Cc1cc(CN(C)S(=O)(=O)c2cc(C)c(C)cc2N)no1. The van der Waals surface area contributed by atoms with Crippen molar-refractivity contribution >= 4 is 15.7 Å². The Morgan fingerprint density at radius 1 is 1.19 bits per heavy atom. The molecular weight excluding hydrogens is 290 g/mol. The zero-order chi connectivity index (χ0) is 15.8. The minimum atomic E-state index is -3.67. The fraction of sp³-hybridized carbons (Fsp3) is 0.357. The van der Waals surface area contributed by atoms with Crippen LogP contribution in [0.3, 0.4) is 0 Å². The lowest BCUT2D eigenvalue weighted by Crippen LogP contribution is -2.27. The number of hydrogen-bond acceptors (Lipinski definition) is 5. The number of rotatable bonds is 4. The molecule has 1 aromatic heterocycles. The summed E-state index contributed by atoms with van der Waals surface area (Å²) in [5, 5.41) is 3.80. The largest absolute Gasteiger partial charge is 0.398 e. The van der Waals surface area contributed by atoms with Crippen molar-refractivity contribution in [2.45, 2.75) is 32.2 Å². The third kappa shape index (κ3) is 3.08. The Bertz CT molecular complexity index is 766. The maximum Gasteiger partial charge on any atom is 0.245 e. The molecule has 114 valence electrons. The molecule has 0 aliphatic heterocycles. The van der Waals surface area contributed by atoms with Gasteiger partial charge in [-0.15, -0.1) is 0 Å².